The van der Waals surface area contributed by atoms with Gasteiger partial charge in [-0.15, -0.1) is 0 Å². The minimum atomic E-state index is 0.0266. The first-order chi connectivity index (χ1) is 13.1. The maximum absolute atomic E-state index is 12.1. The largest absolute Gasteiger partial charge is 0.488 e. The van der Waals surface area contributed by atoms with Gasteiger partial charge in [-0.2, -0.15) is 0 Å². The van der Waals surface area contributed by atoms with E-state index in [1.165, 1.54) is 0 Å². The molecule has 1 aromatic heterocycles. The molecule has 2 aliphatic heterocycles. The number of carbonyl (C=O) groups excluding carboxylic acids is 1. The Morgan fingerprint density at radius 2 is 2.04 bits per heavy atom. The quantitative estimate of drug-likeness (QED) is 0.830. The lowest BCUT2D eigenvalue weighted by Crippen LogP contribution is -2.46. The van der Waals surface area contributed by atoms with Crippen molar-refractivity contribution in [2.75, 3.05) is 19.6 Å². The number of furan rings is 1. The third kappa shape index (κ3) is 4.19. The molecule has 4 rings (SSSR count). The number of nitrogens with zero attached hydrogens (tertiary/aromatic N) is 2. The van der Waals surface area contributed by atoms with E-state index in [2.05, 4.69) is 17.0 Å². The van der Waals surface area contributed by atoms with Gasteiger partial charge in [0.1, 0.15) is 23.4 Å². The first-order valence-electron chi connectivity index (χ1n) is 9.86. The number of piperidine rings is 1. The van der Waals surface area contributed by atoms with E-state index in [1.54, 1.807) is 6.92 Å². The van der Waals surface area contributed by atoms with Gasteiger partial charge in [0.15, 0.2) is 0 Å². The summed E-state index contributed by atoms with van der Waals surface area (Å²) >= 11 is 0. The molecule has 0 radical (unpaired) electrons. The highest BCUT2D eigenvalue weighted by Crippen LogP contribution is 2.31. The molecule has 2 unspecified atom stereocenters. The third-order valence-electron chi connectivity index (χ3n) is 5.70. The van der Waals surface area contributed by atoms with Crippen LogP contribution in [0.4, 0.5) is 0 Å². The highest BCUT2D eigenvalue weighted by molar-refractivity contribution is 5.73. The molecule has 2 aliphatic rings. The van der Waals surface area contributed by atoms with Crippen molar-refractivity contribution in [1.82, 2.24) is 9.80 Å². The van der Waals surface area contributed by atoms with Gasteiger partial charge >= 0.3 is 0 Å². The molecule has 1 saturated heterocycles. The number of likely N-dealkylation sites (tertiary alicyclic amines) is 1. The molecule has 5 nitrogen and oxygen atoms in total. The van der Waals surface area contributed by atoms with Gasteiger partial charge < -0.3 is 14.1 Å². The van der Waals surface area contributed by atoms with Crippen LogP contribution in [0.5, 0.6) is 5.75 Å². The van der Waals surface area contributed by atoms with Gasteiger partial charge in [0.25, 0.3) is 0 Å². The molecule has 2 aromatic rings. The number of carbonyl (C=O) groups is 1. The fraction of sp³-hybridized carbons (Fsp3) is 0.500. The van der Waals surface area contributed by atoms with E-state index >= 15 is 0 Å². The molecular weight excluding hydrogens is 340 g/mol. The molecule has 2 atom stereocenters. The van der Waals surface area contributed by atoms with E-state index < -0.39 is 0 Å². The van der Waals surface area contributed by atoms with E-state index in [9.17, 15) is 4.79 Å². The first-order valence-corrected chi connectivity index (χ1v) is 9.86. The monoisotopic (exact) mass is 368 g/mol. The molecular formula is C22H28N2O3. The number of fused-ring (bicyclic) bond motifs is 1. The molecule has 27 heavy (non-hydrogen) atoms. The Bertz CT molecular complexity index is 800. The summed E-state index contributed by atoms with van der Waals surface area (Å²) in [6.45, 7) is 7.80. The van der Waals surface area contributed by atoms with Crippen LogP contribution in [-0.2, 0) is 17.9 Å². The van der Waals surface area contributed by atoms with Crippen LogP contribution in [0.2, 0.25) is 0 Å². The second kappa shape index (κ2) is 7.77. The second-order valence-electron chi connectivity index (χ2n) is 7.81. The summed E-state index contributed by atoms with van der Waals surface area (Å²) in [6, 6.07) is 12.2. The maximum Gasteiger partial charge on any atom is 0.219 e. The van der Waals surface area contributed by atoms with Crippen LogP contribution in [0.15, 0.2) is 40.8 Å². The Kier molecular flexibility index (Phi) is 5.21. The van der Waals surface area contributed by atoms with Crippen LogP contribution in [0, 0.1) is 12.8 Å². The second-order valence-corrected chi connectivity index (χ2v) is 7.81. The zero-order valence-electron chi connectivity index (χ0n) is 16.2. The summed E-state index contributed by atoms with van der Waals surface area (Å²) in [5.41, 5.74) is 1.09. The van der Waals surface area contributed by atoms with Crippen LogP contribution in [0.3, 0.4) is 0 Å². The molecule has 3 heterocycles. The van der Waals surface area contributed by atoms with Gasteiger partial charge in [-0.1, -0.05) is 18.2 Å². The highest BCUT2D eigenvalue weighted by atomic mass is 16.5. The molecule has 1 aromatic carbocycles. The van der Waals surface area contributed by atoms with E-state index in [-0.39, 0.29) is 12.0 Å². The summed E-state index contributed by atoms with van der Waals surface area (Å²) in [6.07, 6.45) is 2.30. The van der Waals surface area contributed by atoms with E-state index in [0.717, 1.165) is 55.3 Å². The zero-order valence-corrected chi connectivity index (χ0v) is 16.2. The van der Waals surface area contributed by atoms with Crippen molar-refractivity contribution in [3.05, 3.63) is 53.5 Å². The van der Waals surface area contributed by atoms with Gasteiger partial charge in [-0.25, -0.2) is 0 Å². The van der Waals surface area contributed by atoms with E-state index in [4.69, 9.17) is 9.15 Å². The maximum atomic E-state index is 12.1. The Hall–Kier alpha value is -2.27. The van der Waals surface area contributed by atoms with Crippen LogP contribution < -0.4 is 4.74 Å². The Morgan fingerprint density at radius 3 is 2.81 bits per heavy atom. The number of hydrogen-bond acceptors (Lipinski definition) is 4. The predicted molar refractivity (Wildman–Crippen MR) is 103 cm³/mol. The fourth-order valence-electron chi connectivity index (χ4n) is 4.25. The number of amides is 1. The van der Waals surface area contributed by atoms with Crippen molar-refractivity contribution in [2.24, 2.45) is 5.92 Å². The molecule has 0 N–H and O–H groups in total. The van der Waals surface area contributed by atoms with Crippen molar-refractivity contribution in [2.45, 2.75) is 45.9 Å². The summed E-state index contributed by atoms with van der Waals surface area (Å²) < 4.78 is 12.2. The summed E-state index contributed by atoms with van der Waals surface area (Å²) in [5.74, 6) is 3.41. The minimum absolute atomic E-state index is 0.0266. The molecule has 5 heteroatoms. The lowest BCUT2D eigenvalue weighted by Gasteiger charge is -2.37. The van der Waals surface area contributed by atoms with Crippen LogP contribution in [-0.4, -0.2) is 41.4 Å². The van der Waals surface area contributed by atoms with Crippen molar-refractivity contribution < 1.29 is 13.9 Å². The minimum Gasteiger partial charge on any atom is -0.488 e. The molecule has 0 aliphatic carbocycles. The van der Waals surface area contributed by atoms with Crippen LogP contribution >= 0.6 is 0 Å². The number of benzene rings is 1. The average Bonchev–Trinajstić information content (AvgIpc) is 2.96. The zero-order chi connectivity index (χ0) is 18.8. The molecule has 1 fully saturated rings. The highest BCUT2D eigenvalue weighted by Gasteiger charge is 2.33. The van der Waals surface area contributed by atoms with Crippen LogP contribution in [0.1, 0.15) is 36.8 Å². The van der Waals surface area contributed by atoms with Gasteiger partial charge in [-0.05, 0) is 44.5 Å². The normalized spacial score (nSPS) is 23.4. The smallest absolute Gasteiger partial charge is 0.219 e. The van der Waals surface area contributed by atoms with Crippen molar-refractivity contribution >= 4 is 5.91 Å². The Morgan fingerprint density at radius 1 is 1.19 bits per heavy atom. The molecule has 1 amide bonds. The van der Waals surface area contributed by atoms with Crippen molar-refractivity contribution in [3.63, 3.8) is 0 Å². The summed E-state index contributed by atoms with van der Waals surface area (Å²) in [5, 5.41) is 0. The Labute approximate surface area is 160 Å². The lowest BCUT2D eigenvalue weighted by molar-refractivity contribution is -0.130. The standard InChI is InChI=1S/C22H28N2O3/c1-16-9-10-20(26-16)14-23-11-5-7-18(12-23)22-15-24(17(2)25)13-19-6-3-4-8-21(19)27-22/h3-4,6,8-10,18,22H,5,7,11-15H2,1-2H3. The SMILES string of the molecule is CC(=O)N1Cc2ccccc2OC(C2CCCN(Cc3ccc(C)o3)C2)C1. The molecule has 0 spiro atoms. The van der Waals surface area contributed by atoms with Crippen molar-refractivity contribution in [1.29, 1.82) is 0 Å². The molecule has 0 bridgehead atoms. The van der Waals surface area contributed by atoms with E-state index in [1.807, 2.05) is 36.1 Å². The van der Waals surface area contributed by atoms with Gasteiger partial charge in [-0.3, -0.25) is 9.69 Å². The topological polar surface area (TPSA) is 45.9 Å². The number of para-hydroxylation sites is 1. The molecule has 144 valence electrons. The predicted octanol–water partition coefficient (Wildman–Crippen LogP) is 3.61. The summed E-state index contributed by atoms with van der Waals surface area (Å²) in [7, 11) is 0. The number of rotatable bonds is 3. The van der Waals surface area contributed by atoms with Crippen molar-refractivity contribution in [3.8, 4) is 5.75 Å². The fourth-order valence-corrected chi connectivity index (χ4v) is 4.25. The van der Waals surface area contributed by atoms with Gasteiger partial charge in [0.05, 0.1) is 13.1 Å². The molecule has 0 saturated carbocycles. The lowest BCUT2D eigenvalue weighted by atomic mass is 9.92. The van der Waals surface area contributed by atoms with Gasteiger partial charge in [0.2, 0.25) is 5.91 Å². The number of ether oxygens (including phenoxy) is 1. The van der Waals surface area contributed by atoms with E-state index in [0.29, 0.717) is 19.0 Å². The average molecular weight is 368 g/mol. The third-order valence-corrected chi connectivity index (χ3v) is 5.70. The Balaban J connectivity index is 1.49. The van der Waals surface area contributed by atoms with Gasteiger partial charge in [0, 0.05) is 31.5 Å². The number of aryl methyl sites for hydroxylation is 1. The number of hydrogen-bond donors (Lipinski definition) is 0. The summed E-state index contributed by atoms with van der Waals surface area (Å²) in [4.78, 5) is 16.5. The first kappa shape index (κ1) is 18.1. The van der Waals surface area contributed by atoms with Crippen LogP contribution in [0.25, 0.3) is 0 Å².